The predicted molar refractivity (Wildman–Crippen MR) is 121 cm³/mol. The van der Waals surface area contributed by atoms with Crippen molar-refractivity contribution in [2.75, 3.05) is 25.5 Å². The van der Waals surface area contributed by atoms with Crippen LogP contribution >= 0.6 is 0 Å². The fourth-order valence-electron chi connectivity index (χ4n) is 5.06. The number of amides is 1. The number of methoxy groups -OCH3 is 1. The van der Waals surface area contributed by atoms with Gasteiger partial charge in [0.15, 0.2) is 14.6 Å². The molecule has 0 aromatic heterocycles. The third kappa shape index (κ3) is 3.96. The Morgan fingerprint density at radius 2 is 1.56 bits per heavy atom. The van der Waals surface area contributed by atoms with Crippen LogP contribution in [-0.4, -0.2) is 44.5 Å². The van der Waals surface area contributed by atoms with E-state index in [2.05, 4.69) is 10.6 Å². The lowest BCUT2D eigenvalue weighted by atomic mass is 9.77. The average Bonchev–Trinajstić information content (AvgIpc) is 3.20. The fraction of sp³-hybridized carbons (Fsp3) is 0.435. The maximum atomic E-state index is 13.7. The number of nitrogens with one attached hydrogen (secondary N) is 3. The normalized spacial score (nSPS) is 22.4. The van der Waals surface area contributed by atoms with Gasteiger partial charge in [0.25, 0.3) is 5.91 Å². The fourth-order valence-corrected chi connectivity index (χ4v) is 7.17. The number of hydrogen-bond donors (Lipinski definition) is 4. The van der Waals surface area contributed by atoms with Crippen LogP contribution in [0.1, 0.15) is 32.1 Å². The Balaban J connectivity index is 1.59. The molecule has 1 saturated carbocycles. The highest BCUT2D eigenvalue weighted by Gasteiger charge is 2.60. The first-order valence-corrected chi connectivity index (χ1v) is 12.2. The summed E-state index contributed by atoms with van der Waals surface area (Å²) in [6.07, 6.45) is 2.73. The Morgan fingerprint density at radius 3 is 2.12 bits per heavy atom. The molecule has 8 nitrogen and oxygen atoms in total. The molecule has 2 fully saturated rings. The maximum Gasteiger partial charge on any atom is 0.265 e. The molecular formula is C23H29N3O5S. The molecule has 0 bridgehead atoms. The van der Waals surface area contributed by atoms with E-state index in [0.717, 1.165) is 43.1 Å². The topological polar surface area (TPSA) is 117 Å². The van der Waals surface area contributed by atoms with E-state index in [9.17, 15) is 18.4 Å². The second kappa shape index (κ2) is 8.73. The molecule has 1 unspecified atom stereocenters. The molecule has 2 aromatic rings. The van der Waals surface area contributed by atoms with Crippen molar-refractivity contribution in [3.05, 3.63) is 48.5 Å². The van der Waals surface area contributed by atoms with Gasteiger partial charge in [0, 0.05) is 11.4 Å². The largest absolute Gasteiger partial charge is 0.497 e. The summed E-state index contributed by atoms with van der Waals surface area (Å²) >= 11 is 0. The van der Waals surface area contributed by atoms with Crippen molar-refractivity contribution in [1.82, 2.24) is 10.8 Å². The first-order valence-electron chi connectivity index (χ1n) is 10.8. The zero-order valence-electron chi connectivity index (χ0n) is 18.1. The minimum absolute atomic E-state index is 0.0763. The molecule has 1 amide bonds. The van der Waals surface area contributed by atoms with Crippen LogP contribution in [0, 0.1) is 5.41 Å². The number of benzene rings is 2. The number of carbonyl (C=O) groups excluding carboxylic acids is 1. The lowest BCUT2D eigenvalue weighted by Gasteiger charge is -2.36. The average molecular weight is 460 g/mol. The monoisotopic (exact) mass is 459 g/mol. The van der Waals surface area contributed by atoms with Crippen molar-refractivity contribution in [1.29, 1.82) is 0 Å². The van der Waals surface area contributed by atoms with Gasteiger partial charge in [0.1, 0.15) is 5.75 Å². The molecule has 1 heterocycles. The quantitative estimate of drug-likeness (QED) is 0.388. The number of ether oxygens (including phenoxy) is 1. The summed E-state index contributed by atoms with van der Waals surface area (Å²) in [7, 11) is -2.42. The van der Waals surface area contributed by atoms with Crippen LogP contribution < -0.4 is 20.9 Å². The van der Waals surface area contributed by atoms with Crippen molar-refractivity contribution in [2.24, 2.45) is 5.41 Å². The third-order valence-electron chi connectivity index (χ3n) is 6.96. The maximum absolute atomic E-state index is 13.7. The number of rotatable bonds is 6. The molecular weight excluding hydrogens is 430 g/mol. The number of hydroxylamine groups is 1. The number of carbonyl (C=O) groups is 1. The van der Waals surface area contributed by atoms with Crippen LogP contribution in [0.2, 0.25) is 0 Å². The summed E-state index contributed by atoms with van der Waals surface area (Å²) < 4.78 is 30.9. The second-order valence-electron chi connectivity index (χ2n) is 8.74. The molecule has 0 radical (unpaired) electrons. The van der Waals surface area contributed by atoms with Crippen LogP contribution in [0.25, 0.3) is 0 Å². The van der Waals surface area contributed by atoms with Gasteiger partial charge in [-0.1, -0.05) is 0 Å². The molecule has 2 aromatic carbocycles. The first-order chi connectivity index (χ1) is 15.3. The highest BCUT2D eigenvalue weighted by atomic mass is 32.2. The van der Waals surface area contributed by atoms with Crippen molar-refractivity contribution in [3.63, 3.8) is 0 Å². The lowest BCUT2D eigenvalue weighted by Crippen LogP contribution is -2.51. The highest BCUT2D eigenvalue weighted by molar-refractivity contribution is 7.93. The number of anilines is 2. The zero-order valence-corrected chi connectivity index (χ0v) is 18.9. The van der Waals surface area contributed by atoms with Crippen LogP contribution in [0.3, 0.4) is 0 Å². The van der Waals surface area contributed by atoms with Gasteiger partial charge in [-0.25, -0.2) is 13.9 Å². The summed E-state index contributed by atoms with van der Waals surface area (Å²) in [6.45, 7) is 1.62. The molecule has 4 rings (SSSR count). The Bertz CT molecular complexity index is 1060. The van der Waals surface area contributed by atoms with Gasteiger partial charge >= 0.3 is 0 Å². The molecule has 1 aliphatic carbocycles. The smallest absolute Gasteiger partial charge is 0.265 e. The molecule has 2 aliphatic rings. The number of sulfone groups is 1. The molecule has 1 atom stereocenters. The molecule has 32 heavy (non-hydrogen) atoms. The zero-order chi connectivity index (χ0) is 22.8. The Morgan fingerprint density at radius 1 is 0.969 bits per heavy atom. The molecule has 1 saturated heterocycles. The standard InChI is InChI=1S/C23H29N3O5S/c1-31-19-6-2-17(3-7-19)25-18-4-8-20(9-5-18)32(29,30)23(21(27)26-28)11-10-22(16-23)12-14-24-15-13-22/h2-9,24-25,28H,10-16H2,1H3,(H,26,27). The van der Waals surface area contributed by atoms with E-state index < -0.39 is 20.5 Å². The molecule has 172 valence electrons. The molecule has 4 N–H and O–H groups in total. The second-order valence-corrected chi connectivity index (χ2v) is 11.0. The summed E-state index contributed by atoms with van der Waals surface area (Å²) in [5.41, 5.74) is 3.00. The van der Waals surface area contributed by atoms with E-state index in [1.165, 1.54) is 12.1 Å². The minimum atomic E-state index is -4.02. The summed E-state index contributed by atoms with van der Waals surface area (Å²) in [4.78, 5) is 12.8. The summed E-state index contributed by atoms with van der Waals surface area (Å²) in [5, 5.41) is 15.9. The summed E-state index contributed by atoms with van der Waals surface area (Å²) in [5.74, 6) is -0.0964. The van der Waals surface area contributed by atoms with E-state index in [-0.39, 0.29) is 23.2 Å². The number of piperidine rings is 1. The van der Waals surface area contributed by atoms with E-state index >= 15 is 0 Å². The van der Waals surface area contributed by atoms with E-state index in [1.54, 1.807) is 24.7 Å². The Hall–Kier alpha value is -2.62. The van der Waals surface area contributed by atoms with Gasteiger partial charge in [0.05, 0.1) is 12.0 Å². The highest BCUT2D eigenvalue weighted by Crippen LogP contribution is 2.54. The van der Waals surface area contributed by atoms with Gasteiger partial charge in [-0.15, -0.1) is 0 Å². The van der Waals surface area contributed by atoms with Crippen LogP contribution in [0.4, 0.5) is 11.4 Å². The minimum Gasteiger partial charge on any atom is -0.497 e. The number of hydrogen-bond acceptors (Lipinski definition) is 7. The van der Waals surface area contributed by atoms with E-state index in [1.807, 2.05) is 24.3 Å². The van der Waals surface area contributed by atoms with Crippen LogP contribution in [0.5, 0.6) is 5.75 Å². The summed E-state index contributed by atoms with van der Waals surface area (Å²) in [6, 6.07) is 13.8. The molecule has 1 aliphatic heterocycles. The van der Waals surface area contributed by atoms with Gasteiger partial charge < -0.3 is 15.4 Å². The van der Waals surface area contributed by atoms with E-state index in [4.69, 9.17) is 4.74 Å². The van der Waals surface area contributed by atoms with Crippen molar-refractivity contribution in [3.8, 4) is 5.75 Å². The van der Waals surface area contributed by atoms with Gasteiger partial charge in [-0.2, -0.15) is 0 Å². The lowest BCUT2D eigenvalue weighted by molar-refractivity contribution is -0.132. The van der Waals surface area contributed by atoms with Crippen LogP contribution in [-0.2, 0) is 14.6 Å². The first kappa shape index (κ1) is 22.6. The van der Waals surface area contributed by atoms with Gasteiger partial charge in [-0.05, 0) is 99.1 Å². The Kier molecular flexibility index (Phi) is 6.15. The van der Waals surface area contributed by atoms with Crippen molar-refractivity contribution in [2.45, 2.75) is 41.7 Å². The van der Waals surface area contributed by atoms with Gasteiger partial charge in [0.2, 0.25) is 0 Å². The van der Waals surface area contributed by atoms with Crippen molar-refractivity contribution >= 4 is 27.1 Å². The van der Waals surface area contributed by atoms with E-state index in [0.29, 0.717) is 6.42 Å². The molecule has 9 heteroatoms. The van der Waals surface area contributed by atoms with Crippen LogP contribution in [0.15, 0.2) is 53.4 Å². The Labute approximate surface area is 188 Å². The van der Waals surface area contributed by atoms with Gasteiger partial charge in [-0.3, -0.25) is 10.0 Å². The SMILES string of the molecule is COc1ccc(Nc2ccc(S(=O)(=O)C3(C(=O)NO)CCC4(CCNCC4)C3)cc2)cc1. The van der Waals surface area contributed by atoms with Crippen molar-refractivity contribution < 1.29 is 23.2 Å². The molecule has 1 spiro atoms. The predicted octanol–water partition coefficient (Wildman–Crippen LogP) is 3.01. The third-order valence-corrected chi connectivity index (χ3v) is 9.41.